The van der Waals surface area contributed by atoms with Crippen molar-refractivity contribution in [2.24, 2.45) is 5.92 Å². The quantitative estimate of drug-likeness (QED) is 0.828. The van der Waals surface area contributed by atoms with E-state index in [4.69, 9.17) is 5.11 Å². The van der Waals surface area contributed by atoms with E-state index in [9.17, 15) is 4.79 Å². The predicted molar refractivity (Wildman–Crippen MR) is 61.8 cm³/mol. The molecule has 0 bridgehead atoms. The van der Waals surface area contributed by atoms with Crippen LogP contribution in [-0.4, -0.2) is 28.6 Å². The van der Waals surface area contributed by atoms with Crippen molar-refractivity contribution in [1.82, 2.24) is 4.98 Å². The zero-order chi connectivity index (χ0) is 11.7. The summed E-state index contributed by atoms with van der Waals surface area (Å²) < 4.78 is 0. The van der Waals surface area contributed by atoms with Gasteiger partial charge >= 0.3 is 5.97 Å². The number of aromatic nitrogens is 1. The molecule has 4 heteroatoms. The van der Waals surface area contributed by atoms with Gasteiger partial charge in [0.15, 0.2) is 0 Å². The summed E-state index contributed by atoms with van der Waals surface area (Å²) in [6, 6.07) is 3.64. The van der Waals surface area contributed by atoms with E-state index in [-0.39, 0.29) is 0 Å². The molecular formula is C12H16N2O2. The van der Waals surface area contributed by atoms with Crippen molar-refractivity contribution in [3.63, 3.8) is 0 Å². The van der Waals surface area contributed by atoms with Gasteiger partial charge in [-0.05, 0) is 31.4 Å². The van der Waals surface area contributed by atoms with Gasteiger partial charge in [-0.15, -0.1) is 0 Å². The fourth-order valence-electron chi connectivity index (χ4n) is 2.39. The SMILES string of the molecule is C[C@@H]1C[C@H](C)N(c2ncccc2C(=O)O)C1. The van der Waals surface area contributed by atoms with Gasteiger partial charge in [-0.3, -0.25) is 0 Å². The molecule has 0 saturated carbocycles. The van der Waals surface area contributed by atoms with Crippen LogP contribution in [0.1, 0.15) is 30.6 Å². The highest BCUT2D eigenvalue weighted by Gasteiger charge is 2.29. The maximum Gasteiger partial charge on any atom is 0.339 e. The normalized spacial score (nSPS) is 24.8. The first-order chi connectivity index (χ1) is 7.59. The summed E-state index contributed by atoms with van der Waals surface area (Å²) >= 11 is 0. The molecule has 1 aliphatic heterocycles. The Morgan fingerprint density at radius 2 is 2.31 bits per heavy atom. The summed E-state index contributed by atoms with van der Waals surface area (Å²) in [6.07, 6.45) is 2.74. The van der Waals surface area contributed by atoms with E-state index in [0.717, 1.165) is 13.0 Å². The first-order valence-electron chi connectivity index (χ1n) is 5.54. The molecule has 2 heterocycles. The van der Waals surface area contributed by atoms with Gasteiger partial charge in [0.1, 0.15) is 11.4 Å². The lowest BCUT2D eigenvalue weighted by Crippen LogP contribution is -2.29. The molecule has 0 unspecified atom stereocenters. The third-order valence-electron chi connectivity index (χ3n) is 3.07. The third-order valence-corrected chi connectivity index (χ3v) is 3.07. The molecule has 0 aromatic carbocycles. The van der Waals surface area contributed by atoms with Crippen LogP contribution < -0.4 is 4.90 Å². The first-order valence-corrected chi connectivity index (χ1v) is 5.54. The highest BCUT2D eigenvalue weighted by molar-refractivity contribution is 5.93. The zero-order valence-electron chi connectivity index (χ0n) is 9.55. The number of hydrogen-bond donors (Lipinski definition) is 1. The molecule has 1 fully saturated rings. The van der Waals surface area contributed by atoms with Crippen LogP contribution in [0.15, 0.2) is 18.3 Å². The van der Waals surface area contributed by atoms with Crippen LogP contribution >= 0.6 is 0 Å². The Labute approximate surface area is 94.9 Å². The molecule has 2 atom stereocenters. The summed E-state index contributed by atoms with van der Waals surface area (Å²) in [4.78, 5) is 17.4. The van der Waals surface area contributed by atoms with E-state index in [2.05, 4.69) is 23.7 Å². The van der Waals surface area contributed by atoms with Crippen molar-refractivity contribution in [3.8, 4) is 0 Å². The molecule has 1 N–H and O–H groups in total. The van der Waals surface area contributed by atoms with Crippen LogP contribution in [0.2, 0.25) is 0 Å². The number of aromatic carboxylic acids is 1. The monoisotopic (exact) mass is 220 g/mol. The van der Waals surface area contributed by atoms with E-state index < -0.39 is 5.97 Å². The Hall–Kier alpha value is -1.58. The summed E-state index contributed by atoms with van der Waals surface area (Å²) in [5, 5.41) is 9.11. The molecule has 16 heavy (non-hydrogen) atoms. The van der Waals surface area contributed by atoms with E-state index in [1.807, 2.05) is 0 Å². The number of carboxylic acid groups (broad SMARTS) is 1. The Balaban J connectivity index is 2.36. The van der Waals surface area contributed by atoms with Gasteiger partial charge in [0, 0.05) is 18.8 Å². The summed E-state index contributed by atoms with van der Waals surface area (Å²) in [6.45, 7) is 5.18. The summed E-state index contributed by atoms with van der Waals surface area (Å²) in [7, 11) is 0. The van der Waals surface area contributed by atoms with E-state index in [1.54, 1.807) is 18.3 Å². The third kappa shape index (κ3) is 1.87. The van der Waals surface area contributed by atoms with Crippen molar-refractivity contribution >= 4 is 11.8 Å². The average molecular weight is 220 g/mol. The molecule has 1 aromatic heterocycles. The predicted octanol–water partition coefficient (Wildman–Crippen LogP) is 2.01. The molecule has 86 valence electrons. The van der Waals surface area contributed by atoms with Crippen LogP contribution in [0, 0.1) is 5.92 Å². The average Bonchev–Trinajstić information content (AvgIpc) is 2.57. The molecule has 2 rings (SSSR count). The van der Waals surface area contributed by atoms with Gasteiger partial charge in [0.2, 0.25) is 0 Å². The number of anilines is 1. The standard InChI is InChI=1S/C12H16N2O2/c1-8-6-9(2)14(7-8)11-10(12(15)16)4-3-5-13-11/h3-5,8-9H,6-7H2,1-2H3,(H,15,16)/t8-,9+/m1/s1. The molecule has 0 amide bonds. The van der Waals surface area contributed by atoms with Crippen molar-refractivity contribution in [1.29, 1.82) is 0 Å². The van der Waals surface area contributed by atoms with E-state index in [1.165, 1.54) is 0 Å². The maximum absolute atomic E-state index is 11.1. The smallest absolute Gasteiger partial charge is 0.339 e. The van der Waals surface area contributed by atoms with Gasteiger partial charge in [-0.25, -0.2) is 9.78 Å². The summed E-state index contributed by atoms with van der Waals surface area (Å²) in [5.41, 5.74) is 0.295. The van der Waals surface area contributed by atoms with E-state index in [0.29, 0.717) is 23.3 Å². The van der Waals surface area contributed by atoms with Gasteiger partial charge < -0.3 is 10.0 Å². The number of carbonyl (C=O) groups is 1. The maximum atomic E-state index is 11.1. The molecule has 0 radical (unpaired) electrons. The van der Waals surface area contributed by atoms with Gasteiger partial charge in [0.25, 0.3) is 0 Å². The molecular weight excluding hydrogens is 204 g/mol. The van der Waals surface area contributed by atoms with Crippen LogP contribution in [0.4, 0.5) is 5.82 Å². The van der Waals surface area contributed by atoms with Crippen LogP contribution in [0.3, 0.4) is 0 Å². The number of pyridine rings is 1. The van der Waals surface area contributed by atoms with Crippen molar-refractivity contribution < 1.29 is 9.90 Å². The highest BCUT2D eigenvalue weighted by Crippen LogP contribution is 2.29. The van der Waals surface area contributed by atoms with Gasteiger partial charge in [-0.2, -0.15) is 0 Å². The van der Waals surface area contributed by atoms with Crippen molar-refractivity contribution in [3.05, 3.63) is 23.9 Å². The molecule has 4 nitrogen and oxygen atoms in total. The minimum Gasteiger partial charge on any atom is -0.478 e. The van der Waals surface area contributed by atoms with E-state index >= 15 is 0 Å². The lowest BCUT2D eigenvalue weighted by molar-refractivity contribution is 0.0697. The molecule has 1 saturated heterocycles. The number of rotatable bonds is 2. The molecule has 0 spiro atoms. The number of nitrogens with zero attached hydrogens (tertiary/aromatic N) is 2. The second-order valence-electron chi connectivity index (χ2n) is 4.52. The van der Waals surface area contributed by atoms with Crippen LogP contribution in [0.5, 0.6) is 0 Å². The van der Waals surface area contributed by atoms with Crippen LogP contribution in [-0.2, 0) is 0 Å². The van der Waals surface area contributed by atoms with Crippen molar-refractivity contribution in [2.45, 2.75) is 26.3 Å². The Morgan fingerprint density at radius 1 is 1.56 bits per heavy atom. The molecule has 0 aliphatic carbocycles. The lowest BCUT2D eigenvalue weighted by atomic mass is 10.1. The molecule has 1 aliphatic rings. The fraction of sp³-hybridized carbons (Fsp3) is 0.500. The Bertz CT molecular complexity index is 406. The lowest BCUT2D eigenvalue weighted by Gasteiger charge is -2.23. The second-order valence-corrected chi connectivity index (χ2v) is 4.52. The fourth-order valence-corrected chi connectivity index (χ4v) is 2.39. The summed E-state index contributed by atoms with van der Waals surface area (Å²) in [5.74, 6) is 0.292. The Morgan fingerprint density at radius 3 is 2.88 bits per heavy atom. The molecule has 1 aromatic rings. The minimum absolute atomic E-state index is 0.295. The number of hydrogen-bond acceptors (Lipinski definition) is 3. The topological polar surface area (TPSA) is 53.4 Å². The zero-order valence-corrected chi connectivity index (χ0v) is 9.55. The highest BCUT2D eigenvalue weighted by atomic mass is 16.4. The largest absolute Gasteiger partial charge is 0.478 e. The van der Waals surface area contributed by atoms with Gasteiger partial charge in [-0.1, -0.05) is 6.92 Å². The van der Waals surface area contributed by atoms with Crippen molar-refractivity contribution in [2.75, 3.05) is 11.4 Å². The number of carboxylic acids is 1. The van der Waals surface area contributed by atoms with Crippen LogP contribution in [0.25, 0.3) is 0 Å². The Kier molecular flexibility index (Phi) is 2.81. The van der Waals surface area contributed by atoms with Gasteiger partial charge in [0.05, 0.1) is 0 Å². The second kappa shape index (κ2) is 4.12. The minimum atomic E-state index is -0.908. The first kappa shape index (κ1) is 10.9.